The second kappa shape index (κ2) is 6.10. The van der Waals surface area contributed by atoms with Gasteiger partial charge in [-0.3, -0.25) is 4.79 Å². The highest BCUT2D eigenvalue weighted by Gasteiger charge is 2.08. The van der Waals surface area contributed by atoms with E-state index in [4.69, 9.17) is 23.2 Å². The monoisotopic (exact) mass is 352 g/mol. The summed E-state index contributed by atoms with van der Waals surface area (Å²) in [6.45, 7) is 0. The molecular weight excluding hydrogens is 345 g/mol. The molecule has 0 amide bonds. The first-order valence-electron chi connectivity index (χ1n) is 6.46. The first-order chi connectivity index (χ1) is 10.9. The number of hydrogen-bond acceptors (Lipinski definition) is 2. The lowest BCUT2D eigenvalue weighted by atomic mass is 10.2. The van der Waals surface area contributed by atoms with E-state index in [2.05, 4.69) is 9.97 Å². The van der Waals surface area contributed by atoms with Crippen molar-refractivity contribution in [3.8, 4) is 0 Å². The van der Waals surface area contributed by atoms with Crippen LogP contribution in [0.5, 0.6) is 0 Å². The van der Waals surface area contributed by atoms with E-state index in [9.17, 15) is 13.6 Å². The fraction of sp³-hybridized carbons (Fsp3) is 0. The molecule has 1 aromatic heterocycles. The Hall–Kier alpha value is -2.24. The van der Waals surface area contributed by atoms with Crippen molar-refractivity contribution in [3.05, 3.63) is 74.8 Å². The zero-order chi connectivity index (χ0) is 16.6. The van der Waals surface area contributed by atoms with Crippen molar-refractivity contribution < 1.29 is 8.78 Å². The molecule has 0 unspecified atom stereocenters. The van der Waals surface area contributed by atoms with Crippen LogP contribution in [-0.2, 0) is 0 Å². The summed E-state index contributed by atoms with van der Waals surface area (Å²) < 4.78 is 26.1. The number of halogens is 4. The number of aromatic amines is 1. The van der Waals surface area contributed by atoms with Crippen molar-refractivity contribution in [1.29, 1.82) is 0 Å². The third-order valence-corrected chi connectivity index (χ3v) is 3.65. The molecule has 0 radical (unpaired) electrons. The van der Waals surface area contributed by atoms with Gasteiger partial charge < -0.3 is 4.98 Å². The summed E-state index contributed by atoms with van der Waals surface area (Å²) in [5.41, 5.74) is 0.363. The smallest absolute Gasteiger partial charge is 0.259 e. The van der Waals surface area contributed by atoms with Crippen LogP contribution in [-0.4, -0.2) is 9.97 Å². The summed E-state index contributed by atoms with van der Waals surface area (Å²) in [5, 5.41) is 0.837. The molecule has 3 nitrogen and oxygen atoms in total. The maximum Gasteiger partial charge on any atom is 0.259 e. The predicted octanol–water partition coefficient (Wildman–Crippen LogP) is 4.59. The Morgan fingerprint density at radius 1 is 1.13 bits per heavy atom. The highest BCUT2D eigenvalue weighted by molar-refractivity contribution is 6.50. The van der Waals surface area contributed by atoms with Gasteiger partial charge in [-0.25, -0.2) is 13.8 Å². The molecule has 0 aliphatic carbocycles. The lowest BCUT2D eigenvalue weighted by molar-refractivity contribution is 0.508. The maximum atomic E-state index is 13.2. The molecule has 1 N–H and O–H groups in total. The fourth-order valence-electron chi connectivity index (χ4n) is 2.04. The number of H-pyrrole nitrogens is 1. The Morgan fingerprint density at radius 3 is 2.65 bits per heavy atom. The largest absolute Gasteiger partial charge is 0.305 e. The van der Waals surface area contributed by atoms with Crippen molar-refractivity contribution in [3.63, 3.8) is 0 Å². The van der Waals surface area contributed by atoms with E-state index in [-0.39, 0.29) is 10.9 Å². The number of nitrogens with zero attached hydrogens (tertiary/aromatic N) is 1. The third kappa shape index (κ3) is 3.25. The van der Waals surface area contributed by atoms with Gasteiger partial charge in [-0.2, -0.15) is 0 Å². The molecule has 0 aliphatic rings. The summed E-state index contributed by atoms with van der Waals surface area (Å²) in [7, 11) is 0. The number of hydrogen-bond donors (Lipinski definition) is 1. The molecule has 7 heteroatoms. The lowest BCUT2D eigenvalue weighted by Crippen LogP contribution is -2.10. The van der Waals surface area contributed by atoms with Gasteiger partial charge in [0.05, 0.1) is 15.9 Å². The van der Waals surface area contributed by atoms with E-state index in [1.165, 1.54) is 18.2 Å². The predicted molar refractivity (Wildman–Crippen MR) is 87.5 cm³/mol. The highest BCUT2D eigenvalue weighted by atomic mass is 35.5. The van der Waals surface area contributed by atoms with E-state index in [1.54, 1.807) is 12.1 Å². The van der Waals surface area contributed by atoms with Crippen LogP contribution in [0.15, 0.2) is 41.2 Å². The molecular formula is C16H8Cl2F2N2O. The molecule has 2 aromatic carbocycles. The van der Waals surface area contributed by atoms with Gasteiger partial charge in [0.1, 0.15) is 0 Å². The Labute approximate surface area is 139 Å². The topological polar surface area (TPSA) is 45.8 Å². The van der Waals surface area contributed by atoms with Crippen LogP contribution in [0.1, 0.15) is 11.4 Å². The minimum Gasteiger partial charge on any atom is -0.305 e. The van der Waals surface area contributed by atoms with Gasteiger partial charge in [-0.15, -0.1) is 0 Å². The molecule has 1 heterocycles. The van der Waals surface area contributed by atoms with Crippen LogP contribution < -0.4 is 5.56 Å². The van der Waals surface area contributed by atoms with Crippen LogP contribution in [0.2, 0.25) is 5.02 Å². The van der Waals surface area contributed by atoms with E-state index < -0.39 is 17.2 Å². The maximum absolute atomic E-state index is 13.2. The van der Waals surface area contributed by atoms with Crippen molar-refractivity contribution in [2.75, 3.05) is 0 Å². The molecule has 0 saturated heterocycles. The van der Waals surface area contributed by atoms with Crippen molar-refractivity contribution in [1.82, 2.24) is 9.97 Å². The summed E-state index contributed by atoms with van der Waals surface area (Å²) in [4.78, 5) is 18.8. The van der Waals surface area contributed by atoms with E-state index in [0.717, 1.165) is 12.1 Å². The van der Waals surface area contributed by atoms with E-state index >= 15 is 0 Å². The van der Waals surface area contributed by atoms with Gasteiger partial charge >= 0.3 is 0 Å². The van der Waals surface area contributed by atoms with Crippen LogP contribution in [0.3, 0.4) is 0 Å². The fourth-order valence-corrected chi connectivity index (χ4v) is 2.43. The lowest BCUT2D eigenvalue weighted by Gasteiger charge is -2.03. The molecule has 0 atom stereocenters. The molecule has 0 bridgehead atoms. The second-order valence-corrected chi connectivity index (χ2v) is 5.59. The highest BCUT2D eigenvalue weighted by Crippen LogP contribution is 2.22. The number of aromatic nitrogens is 2. The Kier molecular flexibility index (Phi) is 4.15. The van der Waals surface area contributed by atoms with Gasteiger partial charge in [0.2, 0.25) is 0 Å². The molecule has 0 aliphatic heterocycles. The number of fused-ring (bicyclic) bond motifs is 1. The van der Waals surface area contributed by atoms with Crippen LogP contribution in [0.25, 0.3) is 22.0 Å². The number of rotatable bonds is 2. The van der Waals surface area contributed by atoms with Gasteiger partial charge in [0, 0.05) is 5.02 Å². The Bertz CT molecular complexity index is 999. The minimum atomic E-state index is -0.988. The van der Waals surface area contributed by atoms with Gasteiger partial charge in [-0.05, 0) is 42.0 Å². The third-order valence-electron chi connectivity index (χ3n) is 3.13. The summed E-state index contributed by atoms with van der Waals surface area (Å²) in [5.74, 6) is -1.82. The first-order valence-corrected chi connectivity index (χ1v) is 7.22. The van der Waals surface area contributed by atoms with Crippen molar-refractivity contribution >= 4 is 45.2 Å². The van der Waals surface area contributed by atoms with Gasteiger partial charge in [0.15, 0.2) is 17.5 Å². The van der Waals surface area contributed by atoms with E-state index in [0.29, 0.717) is 21.5 Å². The standard InChI is InChI=1S/C16H8Cl2F2N2O/c17-9-2-4-14-10(7-9)16(23)22-15(21-14)11(18)5-8-1-3-12(19)13(20)6-8/h1-7H,(H,21,22,23)/b11-5-. The number of benzene rings is 2. The van der Waals surface area contributed by atoms with E-state index in [1.807, 2.05) is 0 Å². The molecule has 23 heavy (non-hydrogen) atoms. The van der Waals surface area contributed by atoms with Crippen LogP contribution in [0.4, 0.5) is 8.78 Å². The van der Waals surface area contributed by atoms with Crippen molar-refractivity contribution in [2.45, 2.75) is 0 Å². The Morgan fingerprint density at radius 2 is 1.91 bits per heavy atom. The summed E-state index contributed by atoms with van der Waals surface area (Å²) in [6, 6.07) is 8.05. The number of nitrogens with one attached hydrogen (secondary N) is 1. The van der Waals surface area contributed by atoms with Crippen LogP contribution in [0, 0.1) is 11.6 Å². The zero-order valence-electron chi connectivity index (χ0n) is 11.4. The molecule has 3 aromatic rings. The Balaban J connectivity index is 2.08. The average molecular weight is 353 g/mol. The zero-order valence-corrected chi connectivity index (χ0v) is 12.9. The summed E-state index contributed by atoms with van der Waals surface area (Å²) >= 11 is 12.0. The second-order valence-electron chi connectivity index (χ2n) is 4.74. The average Bonchev–Trinajstić information content (AvgIpc) is 2.51. The first kappa shape index (κ1) is 15.6. The normalized spacial score (nSPS) is 11.9. The molecule has 3 rings (SSSR count). The molecule has 0 saturated carbocycles. The van der Waals surface area contributed by atoms with Gasteiger partial charge in [-0.1, -0.05) is 29.3 Å². The SMILES string of the molecule is O=c1[nH]c(/C(Cl)=C/c2ccc(F)c(F)c2)nc2ccc(Cl)cc12. The van der Waals surface area contributed by atoms with Crippen LogP contribution >= 0.6 is 23.2 Å². The summed E-state index contributed by atoms with van der Waals surface area (Å²) in [6.07, 6.45) is 1.38. The quantitative estimate of drug-likeness (QED) is 0.732. The molecule has 116 valence electrons. The van der Waals surface area contributed by atoms with Gasteiger partial charge in [0.25, 0.3) is 5.56 Å². The molecule has 0 spiro atoms. The minimum absolute atomic E-state index is 0.0879. The molecule has 0 fully saturated rings. The van der Waals surface area contributed by atoms with Crippen molar-refractivity contribution in [2.24, 2.45) is 0 Å².